The predicted molar refractivity (Wildman–Crippen MR) is 94.0 cm³/mol. The van der Waals surface area contributed by atoms with Gasteiger partial charge >= 0.3 is 0 Å². The van der Waals surface area contributed by atoms with Crippen LogP contribution in [0.2, 0.25) is 0 Å². The van der Waals surface area contributed by atoms with Crippen molar-refractivity contribution in [1.82, 2.24) is 14.7 Å². The minimum atomic E-state index is -0.460. The molecule has 0 aromatic carbocycles. The molecule has 142 valence electrons. The normalized spacial score (nSPS) is 20.1. The molecule has 2 aliphatic heterocycles. The third-order valence-electron chi connectivity index (χ3n) is 5.18. The summed E-state index contributed by atoms with van der Waals surface area (Å²) >= 11 is 0. The summed E-state index contributed by atoms with van der Waals surface area (Å²) in [6, 6.07) is 4.45. The van der Waals surface area contributed by atoms with Crippen LogP contribution in [0.5, 0.6) is 0 Å². The Morgan fingerprint density at radius 2 is 1.70 bits per heavy atom. The van der Waals surface area contributed by atoms with E-state index in [0.717, 1.165) is 6.42 Å². The number of carbonyl (C=O) groups is 3. The lowest BCUT2D eigenvalue weighted by Crippen LogP contribution is -2.55. The van der Waals surface area contributed by atoms with Gasteiger partial charge in [-0.25, -0.2) is 0 Å². The Balaban J connectivity index is 1.37. The lowest BCUT2D eigenvalue weighted by atomic mass is 10.1. The zero-order chi connectivity index (χ0) is 18.8. The molecule has 2 aromatic rings. The van der Waals surface area contributed by atoms with Crippen LogP contribution in [0.3, 0.4) is 0 Å². The molecule has 2 saturated heterocycles. The van der Waals surface area contributed by atoms with E-state index in [4.69, 9.17) is 8.83 Å². The van der Waals surface area contributed by atoms with Crippen molar-refractivity contribution in [3.05, 3.63) is 48.3 Å². The quantitative estimate of drug-likeness (QED) is 0.815. The SMILES string of the molecule is O=C(c1ccoc1)N1CCN(C(=O)C2CCCN2C(=O)c2ccco2)CC1. The van der Waals surface area contributed by atoms with Crippen LogP contribution in [0.25, 0.3) is 0 Å². The highest BCUT2D eigenvalue weighted by molar-refractivity contribution is 5.96. The van der Waals surface area contributed by atoms with Gasteiger partial charge < -0.3 is 23.5 Å². The number of hydrogen-bond acceptors (Lipinski definition) is 5. The highest BCUT2D eigenvalue weighted by Gasteiger charge is 2.38. The highest BCUT2D eigenvalue weighted by Crippen LogP contribution is 2.23. The molecule has 2 aliphatic rings. The number of nitrogens with zero attached hydrogens (tertiary/aromatic N) is 3. The average molecular weight is 371 g/mol. The summed E-state index contributed by atoms with van der Waals surface area (Å²) in [6.07, 6.45) is 5.80. The topological polar surface area (TPSA) is 87.2 Å². The monoisotopic (exact) mass is 371 g/mol. The summed E-state index contributed by atoms with van der Waals surface area (Å²) in [6.45, 7) is 2.40. The second-order valence-corrected chi connectivity index (χ2v) is 6.76. The summed E-state index contributed by atoms with van der Waals surface area (Å²) < 4.78 is 10.2. The minimum absolute atomic E-state index is 0.0529. The van der Waals surface area contributed by atoms with Crippen LogP contribution in [-0.2, 0) is 4.79 Å². The predicted octanol–water partition coefficient (Wildman–Crippen LogP) is 1.46. The molecule has 0 spiro atoms. The molecule has 0 radical (unpaired) electrons. The molecule has 4 rings (SSSR count). The third-order valence-corrected chi connectivity index (χ3v) is 5.18. The number of furan rings is 2. The van der Waals surface area contributed by atoms with Crippen molar-refractivity contribution in [2.45, 2.75) is 18.9 Å². The van der Waals surface area contributed by atoms with Crippen LogP contribution >= 0.6 is 0 Å². The fourth-order valence-electron chi connectivity index (χ4n) is 3.72. The average Bonchev–Trinajstić information content (AvgIpc) is 3.48. The van der Waals surface area contributed by atoms with Crippen LogP contribution < -0.4 is 0 Å². The fourth-order valence-corrected chi connectivity index (χ4v) is 3.72. The largest absolute Gasteiger partial charge is 0.472 e. The van der Waals surface area contributed by atoms with E-state index in [1.54, 1.807) is 32.9 Å². The van der Waals surface area contributed by atoms with Crippen LogP contribution in [0, 0.1) is 0 Å². The van der Waals surface area contributed by atoms with Gasteiger partial charge in [-0.3, -0.25) is 14.4 Å². The van der Waals surface area contributed by atoms with Crippen molar-refractivity contribution in [3.8, 4) is 0 Å². The summed E-state index contributed by atoms with van der Waals surface area (Å²) in [5.74, 6) is -0.135. The first-order chi connectivity index (χ1) is 13.1. The first-order valence-electron chi connectivity index (χ1n) is 9.10. The molecule has 1 atom stereocenters. The van der Waals surface area contributed by atoms with Crippen LogP contribution in [0.4, 0.5) is 0 Å². The number of piperazine rings is 1. The van der Waals surface area contributed by atoms with E-state index in [1.807, 2.05) is 0 Å². The first kappa shape index (κ1) is 17.4. The van der Waals surface area contributed by atoms with Gasteiger partial charge in [0.1, 0.15) is 12.3 Å². The zero-order valence-corrected chi connectivity index (χ0v) is 14.9. The highest BCUT2D eigenvalue weighted by atomic mass is 16.3. The maximum absolute atomic E-state index is 13.0. The van der Waals surface area contributed by atoms with E-state index in [1.165, 1.54) is 18.8 Å². The summed E-state index contributed by atoms with van der Waals surface area (Å²) in [5.41, 5.74) is 0.515. The second-order valence-electron chi connectivity index (χ2n) is 6.76. The van der Waals surface area contributed by atoms with Crippen molar-refractivity contribution in [2.75, 3.05) is 32.7 Å². The summed E-state index contributed by atoms with van der Waals surface area (Å²) in [7, 11) is 0. The molecule has 0 N–H and O–H groups in total. The van der Waals surface area contributed by atoms with E-state index in [0.29, 0.717) is 44.7 Å². The number of carbonyl (C=O) groups excluding carboxylic acids is 3. The van der Waals surface area contributed by atoms with Gasteiger partial charge in [0.2, 0.25) is 5.91 Å². The Hall–Kier alpha value is -3.03. The Morgan fingerprint density at radius 3 is 2.37 bits per heavy atom. The molecule has 4 heterocycles. The fraction of sp³-hybridized carbons (Fsp3) is 0.421. The lowest BCUT2D eigenvalue weighted by molar-refractivity contribution is -0.136. The number of rotatable bonds is 3. The summed E-state index contributed by atoms with van der Waals surface area (Å²) in [4.78, 5) is 43.0. The molecule has 2 aromatic heterocycles. The van der Waals surface area contributed by atoms with Gasteiger partial charge in [-0.1, -0.05) is 0 Å². The van der Waals surface area contributed by atoms with E-state index in [-0.39, 0.29) is 23.5 Å². The maximum Gasteiger partial charge on any atom is 0.290 e. The minimum Gasteiger partial charge on any atom is -0.472 e. The molecule has 8 nitrogen and oxygen atoms in total. The maximum atomic E-state index is 13.0. The molecule has 1 unspecified atom stereocenters. The Morgan fingerprint density at radius 1 is 0.926 bits per heavy atom. The molecule has 2 fully saturated rings. The smallest absolute Gasteiger partial charge is 0.290 e. The molecule has 0 saturated carbocycles. The Bertz CT molecular complexity index is 807. The van der Waals surface area contributed by atoms with Crippen molar-refractivity contribution in [1.29, 1.82) is 0 Å². The van der Waals surface area contributed by atoms with Crippen molar-refractivity contribution in [2.24, 2.45) is 0 Å². The van der Waals surface area contributed by atoms with E-state index < -0.39 is 6.04 Å². The molecule has 27 heavy (non-hydrogen) atoms. The Labute approximate surface area is 156 Å². The van der Waals surface area contributed by atoms with E-state index >= 15 is 0 Å². The van der Waals surface area contributed by atoms with E-state index in [9.17, 15) is 14.4 Å². The first-order valence-corrected chi connectivity index (χ1v) is 9.10. The van der Waals surface area contributed by atoms with Crippen LogP contribution in [-0.4, -0.2) is 71.2 Å². The van der Waals surface area contributed by atoms with Crippen LogP contribution in [0.15, 0.2) is 45.8 Å². The van der Waals surface area contributed by atoms with Gasteiger partial charge in [-0.15, -0.1) is 0 Å². The number of hydrogen-bond donors (Lipinski definition) is 0. The zero-order valence-electron chi connectivity index (χ0n) is 14.9. The molecule has 3 amide bonds. The molecule has 0 aliphatic carbocycles. The molecule has 0 bridgehead atoms. The van der Waals surface area contributed by atoms with Gasteiger partial charge in [0.05, 0.1) is 18.1 Å². The van der Waals surface area contributed by atoms with E-state index in [2.05, 4.69) is 0 Å². The van der Waals surface area contributed by atoms with Crippen molar-refractivity contribution >= 4 is 17.7 Å². The van der Waals surface area contributed by atoms with Gasteiger partial charge in [-0.2, -0.15) is 0 Å². The molecule has 8 heteroatoms. The van der Waals surface area contributed by atoms with Gasteiger partial charge in [0.15, 0.2) is 5.76 Å². The number of likely N-dealkylation sites (tertiary alicyclic amines) is 1. The van der Waals surface area contributed by atoms with Crippen molar-refractivity contribution in [3.63, 3.8) is 0 Å². The third kappa shape index (κ3) is 3.34. The molecular weight excluding hydrogens is 350 g/mol. The van der Waals surface area contributed by atoms with Crippen molar-refractivity contribution < 1.29 is 23.2 Å². The van der Waals surface area contributed by atoms with Gasteiger partial charge in [-0.05, 0) is 31.0 Å². The van der Waals surface area contributed by atoms with Crippen LogP contribution in [0.1, 0.15) is 33.8 Å². The molecular formula is C19H21N3O5. The number of amides is 3. The lowest BCUT2D eigenvalue weighted by Gasteiger charge is -2.37. The standard InChI is InChI=1S/C19H21N3O5/c23-17(14-5-12-26-13-14)20-7-9-21(10-8-20)18(24)15-3-1-6-22(15)19(25)16-4-2-11-27-16/h2,4-5,11-13,15H,1,3,6-10H2. The second kappa shape index (κ2) is 7.30. The summed E-state index contributed by atoms with van der Waals surface area (Å²) in [5, 5.41) is 0. The van der Waals surface area contributed by atoms with Gasteiger partial charge in [0, 0.05) is 32.7 Å². The van der Waals surface area contributed by atoms with Gasteiger partial charge in [0.25, 0.3) is 11.8 Å². The Kier molecular flexibility index (Phi) is 4.70.